The van der Waals surface area contributed by atoms with Gasteiger partial charge < -0.3 is 5.32 Å². The fraction of sp³-hybridized carbons (Fsp3) is 0.273. The maximum Gasteiger partial charge on any atom is 0.183 e. The molecule has 3 nitrogen and oxygen atoms in total. The van der Waals surface area contributed by atoms with Gasteiger partial charge in [-0.1, -0.05) is 24.3 Å². The Morgan fingerprint density at radius 2 is 1.93 bits per heavy atom. The average molecular weight is 223 g/mol. The second-order valence-corrected chi connectivity index (χ2v) is 5.75. The highest BCUT2D eigenvalue weighted by Gasteiger charge is 2.26. The molecule has 1 unspecified atom stereocenters. The Bertz CT molecular complexity index is 451. The van der Waals surface area contributed by atoms with Gasteiger partial charge in [-0.3, -0.25) is 0 Å². The third-order valence-corrected chi connectivity index (χ3v) is 4.66. The summed E-state index contributed by atoms with van der Waals surface area (Å²) in [7, 11) is -3.18. The van der Waals surface area contributed by atoms with Gasteiger partial charge in [0.2, 0.25) is 0 Å². The topological polar surface area (TPSA) is 46.2 Å². The zero-order valence-electron chi connectivity index (χ0n) is 8.26. The van der Waals surface area contributed by atoms with E-state index in [1.807, 2.05) is 12.1 Å². The Hall–Kier alpha value is -1.29. The molecule has 1 heterocycles. The Morgan fingerprint density at radius 3 is 2.53 bits per heavy atom. The number of rotatable bonds is 2. The van der Waals surface area contributed by atoms with Gasteiger partial charge in [0, 0.05) is 6.54 Å². The van der Waals surface area contributed by atoms with Crippen molar-refractivity contribution in [2.75, 3.05) is 6.54 Å². The summed E-state index contributed by atoms with van der Waals surface area (Å²) in [5.41, 5.74) is 0. The minimum atomic E-state index is -3.18. The largest absolute Gasteiger partial charge is 0.390 e. The third-order valence-electron chi connectivity index (χ3n) is 2.49. The first-order chi connectivity index (χ1) is 7.21. The predicted octanol–water partition coefficient (Wildman–Crippen LogP) is 1.34. The Labute approximate surface area is 89.7 Å². The summed E-state index contributed by atoms with van der Waals surface area (Å²) >= 11 is 0. The number of allylic oxidation sites excluding steroid dienone is 1. The standard InChI is InChI=1S/C11H13NO2S/c13-15(14,10-5-2-1-3-6-10)11-7-4-8-12-9-11/h1-6,8,11-12H,7,9H2. The highest BCUT2D eigenvalue weighted by atomic mass is 32.2. The number of benzene rings is 1. The lowest BCUT2D eigenvalue weighted by Crippen LogP contribution is -2.33. The summed E-state index contributed by atoms with van der Waals surface area (Å²) in [4.78, 5) is 0.409. The highest BCUT2D eigenvalue weighted by Crippen LogP contribution is 2.19. The average Bonchev–Trinajstić information content (AvgIpc) is 2.31. The molecule has 1 aliphatic rings. The van der Waals surface area contributed by atoms with Crippen LogP contribution in [0.4, 0.5) is 0 Å². The summed E-state index contributed by atoms with van der Waals surface area (Å²) in [6.07, 6.45) is 4.25. The lowest BCUT2D eigenvalue weighted by atomic mass is 10.2. The molecule has 4 heteroatoms. The summed E-state index contributed by atoms with van der Waals surface area (Å²) in [5, 5.41) is 2.61. The molecule has 1 atom stereocenters. The van der Waals surface area contributed by atoms with E-state index >= 15 is 0 Å². The first kappa shape index (κ1) is 10.2. The van der Waals surface area contributed by atoms with Crippen molar-refractivity contribution in [1.29, 1.82) is 0 Å². The molecule has 0 bridgehead atoms. The van der Waals surface area contributed by atoms with Crippen LogP contribution in [0.15, 0.2) is 47.5 Å². The minimum absolute atomic E-state index is 0.343. The van der Waals surface area contributed by atoms with Crippen molar-refractivity contribution in [1.82, 2.24) is 5.32 Å². The second-order valence-electron chi connectivity index (χ2n) is 3.53. The van der Waals surface area contributed by atoms with E-state index in [0.29, 0.717) is 17.9 Å². The smallest absolute Gasteiger partial charge is 0.183 e. The molecular weight excluding hydrogens is 210 g/mol. The van der Waals surface area contributed by atoms with E-state index in [-0.39, 0.29) is 5.25 Å². The molecule has 0 fully saturated rings. The summed E-state index contributed by atoms with van der Waals surface area (Å²) in [6, 6.07) is 8.61. The van der Waals surface area contributed by atoms with Crippen molar-refractivity contribution in [2.24, 2.45) is 0 Å². The van der Waals surface area contributed by atoms with Crippen LogP contribution in [0, 0.1) is 0 Å². The molecule has 2 rings (SSSR count). The van der Waals surface area contributed by atoms with Crippen molar-refractivity contribution < 1.29 is 8.42 Å². The number of hydrogen-bond acceptors (Lipinski definition) is 3. The van der Waals surface area contributed by atoms with Crippen LogP contribution in [0.2, 0.25) is 0 Å². The normalized spacial score (nSPS) is 20.9. The van der Waals surface area contributed by atoms with Gasteiger partial charge in [0.05, 0.1) is 10.1 Å². The first-order valence-corrected chi connectivity index (χ1v) is 6.43. The molecule has 0 saturated carbocycles. The van der Waals surface area contributed by atoms with Crippen molar-refractivity contribution in [3.8, 4) is 0 Å². The van der Waals surface area contributed by atoms with Gasteiger partial charge in [0.15, 0.2) is 9.84 Å². The van der Waals surface area contributed by atoms with Crippen molar-refractivity contribution in [2.45, 2.75) is 16.6 Å². The highest BCUT2D eigenvalue weighted by molar-refractivity contribution is 7.92. The monoisotopic (exact) mass is 223 g/mol. The Kier molecular flexibility index (Phi) is 2.77. The van der Waals surface area contributed by atoms with E-state index < -0.39 is 9.84 Å². The molecule has 1 aromatic carbocycles. The molecule has 15 heavy (non-hydrogen) atoms. The lowest BCUT2D eigenvalue weighted by molar-refractivity contribution is 0.570. The molecule has 1 aliphatic heterocycles. The van der Waals surface area contributed by atoms with Crippen molar-refractivity contribution in [3.63, 3.8) is 0 Å². The van der Waals surface area contributed by atoms with Gasteiger partial charge in [-0.15, -0.1) is 0 Å². The SMILES string of the molecule is O=S(=O)(c1ccccc1)C1CC=CNC1. The second kappa shape index (κ2) is 4.06. The van der Waals surface area contributed by atoms with Gasteiger partial charge in [-0.05, 0) is 24.8 Å². The van der Waals surface area contributed by atoms with Crippen LogP contribution < -0.4 is 5.32 Å². The van der Waals surface area contributed by atoms with Crippen LogP contribution in [0.5, 0.6) is 0 Å². The van der Waals surface area contributed by atoms with Crippen LogP contribution in [-0.2, 0) is 9.84 Å². The molecule has 0 radical (unpaired) electrons. The van der Waals surface area contributed by atoms with E-state index in [9.17, 15) is 8.42 Å². The fourth-order valence-corrected chi connectivity index (χ4v) is 3.23. The number of sulfone groups is 1. The Morgan fingerprint density at radius 1 is 1.20 bits per heavy atom. The summed E-state index contributed by atoms with van der Waals surface area (Å²) in [5.74, 6) is 0. The molecule has 1 N–H and O–H groups in total. The molecule has 0 amide bonds. The lowest BCUT2D eigenvalue weighted by Gasteiger charge is -2.19. The van der Waals surface area contributed by atoms with Gasteiger partial charge in [0.1, 0.15) is 0 Å². The predicted molar refractivity (Wildman–Crippen MR) is 59.2 cm³/mol. The fourth-order valence-electron chi connectivity index (χ4n) is 1.62. The van der Waals surface area contributed by atoms with Gasteiger partial charge >= 0.3 is 0 Å². The summed E-state index contributed by atoms with van der Waals surface area (Å²) in [6.45, 7) is 0.494. The van der Waals surface area contributed by atoms with Crippen LogP contribution in [0.3, 0.4) is 0 Å². The number of nitrogens with one attached hydrogen (secondary N) is 1. The van der Waals surface area contributed by atoms with Crippen LogP contribution in [-0.4, -0.2) is 20.2 Å². The van der Waals surface area contributed by atoms with Crippen LogP contribution in [0.25, 0.3) is 0 Å². The van der Waals surface area contributed by atoms with E-state index in [0.717, 1.165) is 0 Å². The zero-order chi connectivity index (χ0) is 10.7. The molecule has 80 valence electrons. The van der Waals surface area contributed by atoms with Gasteiger partial charge in [-0.2, -0.15) is 0 Å². The third kappa shape index (κ3) is 2.04. The molecule has 0 spiro atoms. The quantitative estimate of drug-likeness (QED) is 0.823. The van der Waals surface area contributed by atoms with Gasteiger partial charge in [-0.25, -0.2) is 8.42 Å². The zero-order valence-corrected chi connectivity index (χ0v) is 9.07. The van der Waals surface area contributed by atoms with Crippen LogP contribution >= 0.6 is 0 Å². The molecular formula is C11H13NO2S. The molecule has 0 aliphatic carbocycles. The maximum absolute atomic E-state index is 12.1. The van der Waals surface area contributed by atoms with Crippen LogP contribution in [0.1, 0.15) is 6.42 Å². The van der Waals surface area contributed by atoms with E-state index in [1.54, 1.807) is 30.5 Å². The molecule has 0 saturated heterocycles. The maximum atomic E-state index is 12.1. The molecule has 0 aromatic heterocycles. The minimum Gasteiger partial charge on any atom is -0.390 e. The van der Waals surface area contributed by atoms with E-state index in [1.165, 1.54) is 0 Å². The van der Waals surface area contributed by atoms with Crippen molar-refractivity contribution >= 4 is 9.84 Å². The first-order valence-electron chi connectivity index (χ1n) is 4.88. The molecule has 1 aromatic rings. The van der Waals surface area contributed by atoms with E-state index in [2.05, 4.69) is 5.32 Å². The van der Waals surface area contributed by atoms with Crippen molar-refractivity contribution in [3.05, 3.63) is 42.6 Å². The number of hydrogen-bond donors (Lipinski definition) is 1. The van der Waals surface area contributed by atoms with E-state index in [4.69, 9.17) is 0 Å². The van der Waals surface area contributed by atoms with Gasteiger partial charge in [0.25, 0.3) is 0 Å². The summed E-state index contributed by atoms with van der Waals surface area (Å²) < 4.78 is 24.2. The Balaban J connectivity index is 2.31.